The molecule has 114 valence electrons. The normalized spacial score (nSPS) is 11.4. The lowest BCUT2D eigenvalue weighted by Crippen LogP contribution is -2.27. The number of benzene rings is 1. The molecule has 0 spiro atoms. The summed E-state index contributed by atoms with van der Waals surface area (Å²) in [6.07, 6.45) is 0.858. The van der Waals surface area contributed by atoms with Crippen LogP contribution in [-0.2, 0) is 9.53 Å². The SMILES string of the molecule is CCOCCC(=O)NC(C)c1ccc(C#CCCO)cc1. The fraction of sp³-hybridized carbons (Fsp3) is 0.471. The minimum absolute atomic E-state index is 0.0113. The molecule has 1 aromatic rings. The molecule has 1 rings (SSSR count). The highest BCUT2D eigenvalue weighted by Gasteiger charge is 2.09. The van der Waals surface area contributed by atoms with E-state index in [1.165, 1.54) is 0 Å². The van der Waals surface area contributed by atoms with Crippen LogP contribution in [0.4, 0.5) is 0 Å². The van der Waals surface area contributed by atoms with Crippen LogP contribution in [0.3, 0.4) is 0 Å². The molecule has 2 N–H and O–H groups in total. The molecule has 1 aromatic carbocycles. The molecule has 0 saturated heterocycles. The first kappa shape index (κ1) is 17.2. The molecule has 0 fully saturated rings. The van der Waals surface area contributed by atoms with E-state index in [2.05, 4.69) is 17.2 Å². The van der Waals surface area contributed by atoms with Gasteiger partial charge in [0.15, 0.2) is 0 Å². The van der Waals surface area contributed by atoms with Gasteiger partial charge in [-0.15, -0.1) is 0 Å². The zero-order valence-electron chi connectivity index (χ0n) is 12.7. The summed E-state index contributed by atoms with van der Waals surface area (Å²) in [6.45, 7) is 5.02. The van der Waals surface area contributed by atoms with Gasteiger partial charge in [0.1, 0.15) is 0 Å². The fourth-order valence-electron chi connectivity index (χ4n) is 1.78. The van der Waals surface area contributed by atoms with Crippen LogP contribution in [0.25, 0.3) is 0 Å². The van der Waals surface area contributed by atoms with Crippen molar-refractivity contribution >= 4 is 5.91 Å². The standard InChI is InChI=1S/C17H23NO3/c1-3-21-13-11-17(20)18-14(2)16-9-7-15(8-10-16)6-4-5-12-19/h7-10,14,19H,3,5,11-13H2,1-2H3,(H,18,20). The van der Waals surface area contributed by atoms with Crippen molar-refractivity contribution in [3.63, 3.8) is 0 Å². The Balaban J connectivity index is 2.49. The van der Waals surface area contributed by atoms with Gasteiger partial charge in [-0.3, -0.25) is 4.79 Å². The van der Waals surface area contributed by atoms with Crippen molar-refractivity contribution in [1.29, 1.82) is 0 Å². The third-order valence-electron chi connectivity index (χ3n) is 2.94. The Morgan fingerprint density at radius 2 is 2.10 bits per heavy atom. The van der Waals surface area contributed by atoms with Crippen molar-refractivity contribution in [3.8, 4) is 11.8 Å². The first-order valence-electron chi connectivity index (χ1n) is 7.24. The first-order chi connectivity index (χ1) is 10.2. The quantitative estimate of drug-likeness (QED) is 0.596. The van der Waals surface area contributed by atoms with E-state index < -0.39 is 0 Å². The predicted molar refractivity (Wildman–Crippen MR) is 82.7 cm³/mol. The lowest BCUT2D eigenvalue weighted by Gasteiger charge is -2.14. The highest BCUT2D eigenvalue weighted by atomic mass is 16.5. The third-order valence-corrected chi connectivity index (χ3v) is 2.94. The molecule has 0 radical (unpaired) electrons. The monoisotopic (exact) mass is 289 g/mol. The zero-order chi connectivity index (χ0) is 15.5. The molecule has 4 heteroatoms. The Labute approximate surface area is 126 Å². The molecule has 0 aliphatic heterocycles. The van der Waals surface area contributed by atoms with Crippen molar-refractivity contribution in [1.82, 2.24) is 5.32 Å². The summed E-state index contributed by atoms with van der Waals surface area (Å²) in [4.78, 5) is 11.7. The topological polar surface area (TPSA) is 58.6 Å². The zero-order valence-corrected chi connectivity index (χ0v) is 12.7. The van der Waals surface area contributed by atoms with E-state index >= 15 is 0 Å². The molecular weight excluding hydrogens is 266 g/mol. The minimum Gasteiger partial charge on any atom is -0.395 e. The van der Waals surface area contributed by atoms with E-state index in [-0.39, 0.29) is 18.6 Å². The smallest absolute Gasteiger partial charge is 0.222 e. The largest absolute Gasteiger partial charge is 0.395 e. The Morgan fingerprint density at radius 3 is 2.71 bits per heavy atom. The van der Waals surface area contributed by atoms with Crippen molar-refractivity contribution in [3.05, 3.63) is 35.4 Å². The maximum atomic E-state index is 11.7. The number of aliphatic hydroxyl groups is 1. The summed E-state index contributed by atoms with van der Waals surface area (Å²) in [5.74, 6) is 5.84. The summed E-state index contributed by atoms with van der Waals surface area (Å²) in [5, 5.41) is 11.6. The van der Waals surface area contributed by atoms with Crippen molar-refractivity contribution in [2.45, 2.75) is 32.7 Å². The van der Waals surface area contributed by atoms with Gasteiger partial charge in [0.2, 0.25) is 5.91 Å². The van der Waals surface area contributed by atoms with Gasteiger partial charge in [-0.25, -0.2) is 0 Å². The van der Waals surface area contributed by atoms with Crippen molar-refractivity contribution < 1.29 is 14.6 Å². The van der Waals surface area contributed by atoms with Crippen LogP contribution in [0.15, 0.2) is 24.3 Å². The number of hydrogen-bond donors (Lipinski definition) is 2. The second-order valence-electron chi connectivity index (χ2n) is 4.63. The average Bonchev–Trinajstić information content (AvgIpc) is 2.48. The maximum absolute atomic E-state index is 11.7. The number of ether oxygens (including phenoxy) is 1. The minimum atomic E-state index is -0.0430. The highest BCUT2D eigenvalue weighted by Crippen LogP contribution is 2.13. The van der Waals surface area contributed by atoms with Crippen LogP contribution in [0.5, 0.6) is 0 Å². The average molecular weight is 289 g/mol. The lowest BCUT2D eigenvalue weighted by atomic mass is 10.1. The fourth-order valence-corrected chi connectivity index (χ4v) is 1.78. The van der Waals surface area contributed by atoms with Gasteiger partial charge in [0.25, 0.3) is 0 Å². The van der Waals surface area contributed by atoms with Crippen molar-refractivity contribution in [2.24, 2.45) is 0 Å². The van der Waals surface area contributed by atoms with E-state index in [0.717, 1.165) is 11.1 Å². The number of hydrogen-bond acceptors (Lipinski definition) is 3. The molecule has 0 bridgehead atoms. The van der Waals surface area contributed by atoms with Gasteiger partial charge in [0.05, 0.1) is 19.3 Å². The van der Waals surface area contributed by atoms with Crippen LogP contribution in [0.1, 0.15) is 43.9 Å². The third kappa shape index (κ3) is 6.94. The van der Waals surface area contributed by atoms with E-state index in [1.807, 2.05) is 38.1 Å². The van der Waals surface area contributed by atoms with E-state index in [4.69, 9.17) is 9.84 Å². The van der Waals surface area contributed by atoms with Gasteiger partial charge in [-0.1, -0.05) is 24.0 Å². The van der Waals surface area contributed by atoms with Gasteiger partial charge in [-0.05, 0) is 31.5 Å². The van der Waals surface area contributed by atoms with Gasteiger partial charge in [-0.2, -0.15) is 0 Å². The number of nitrogens with one attached hydrogen (secondary N) is 1. The van der Waals surface area contributed by atoms with Gasteiger partial charge < -0.3 is 15.2 Å². The van der Waals surface area contributed by atoms with Crippen LogP contribution in [-0.4, -0.2) is 30.8 Å². The summed E-state index contributed by atoms with van der Waals surface area (Å²) >= 11 is 0. The summed E-state index contributed by atoms with van der Waals surface area (Å²) in [7, 11) is 0. The number of carbonyl (C=O) groups excluding carboxylic acids is 1. The van der Waals surface area contributed by atoms with E-state index in [0.29, 0.717) is 26.1 Å². The molecule has 1 unspecified atom stereocenters. The Bertz CT molecular complexity index is 485. The summed E-state index contributed by atoms with van der Waals surface area (Å²) < 4.78 is 5.16. The first-order valence-corrected chi connectivity index (χ1v) is 7.24. The molecule has 4 nitrogen and oxygen atoms in total. The Morgan fingerprint density at radius 1 is 1.38 bits per heavy atom. The summed E-state index contributed by atoms with van der Waals surface area (Å²) in [5.41, 5.74) is 1.94. The molecule has 21 heavy (non-hydrogen) atoms. The highest BCUT2D eigenvalue weighted by molar-refractivity contribution is 5.76. The number of rotatable bonds is 7. The number of aliphatic hydroxyl groups excluding tert-OH is 1. The number of carbonyl (C=O) groups is 1. The van der Waals surface area contributed by atoms with Gasteiger partial charge >= 0.3 is 0 Å². The molecule has 1 atom stereocenters. The van der Waals surface area contributed by atoms with E-state index in [9.17, 15) is 4.79 Å². The van der Waals surface area contributed by atoms with E-state index in [1.54, 1.807) is 0 Å². The summed E-state index contributed by atoms with van der Waals surface area (Å²) in [6, 6.07) is 7.71. The van der Waals surface area contributed by atoms with Crippen LogP contribution in [0, 0.1) is 11.8 Å². The Hall–Kier alpha value is -1.83. The lowest BCUT2D eigenvalue weighted by molar-refractivity contribution is -0.122. The van der Waals surface area contributed by atoms with Crippen molar-refractivity contribution in [2.75, 3.05) is 19.8 Å². The molecule has 0 aliphatic rings. The molecule has 0 saturated carbocycles. The predicted octanol–water partition coefficient (Wildman–Crippen LogP) is 2.02. The molecular formula is C17H23NO3. The molecule has 0 heterocycles. The second kappa shape index (κ2) is 9.98. The van der Waals surface area contributed by atoms with Crippen LogP contribution >= 0.6 is 0 Å². The molecule has 0 aliphatic carbocycles. The van der Waals surface area contributed by atoms with Gasteiger partial charge in [0, 0.05) is 25.0 Å². The van der Waals surface area contributed by atoms with Crippen LogP contribution in [0.2, 0.25) is 0 Å². The number of amides is 1. The molecule has 0 aromatic heterocycles. The Kier molecular flexibility index (Phi) is 8.18. The second-order valence-corrected chi connectivity index (χ2v) is 4.63. The van der Waals surface area contributed by atoms with Crippen LogP contribution < -0.4 is 5.32 Å². The maximum Gasteiger partial charge on any atom is 0.222 e. The molecule has 1 amide bonds.